The maximum atomic E-state index is 13.5. The number of anilines is 2. The second-order valence-corrected chi connectivity index (χ2v) is 11.2. The molecule has 1 aliphatic rings. The first-order chi connectivity index (χ1) is 19.3. The Labute approximate surface area is 252 Å². The topological polar surface area (TPSA) is 96.0 Å². The summed E-state index contributed by atoms with van der Waals surface area (Å²) in [6.07, 6.45) is 1.41. The van der Waals surface area contributed by atoms with E-state index in [0.29, 0.717) is 28.1 Å². The lowest BCUT2D eigenvalue weighted by atomic mass is 10.1. The summed E-state index contributed by atoms with van der Waals surface area (Å²) in [6.45, 7) is 8.22. The van der Waals surface area contributed by atoms with Crippen LogP contribution in [0, 0.1) is 0 Å². The van der Waals surface area contributed by atoms with Crippen LogP contribution in [0.3, 0.4) is 0 Å². The van der Waals surface area contributed by atoms with E-state index in [1.165, 1.54) is 29.7 Å². The van der Waals surface area contributed by atoms with E-state index in [0.717, 1.165) is 38.3 Å². The molecule has 0 atom stereocenters. The Hall–Kier alpha value is -2.44. The quantitative estimate of drug-likeness (QED) is 0.261. The van der Waals surface area contributed by atoms with Gasteiger partial charge in [-0.2, -0.15) is 0 Å². The highest BCUT2D eigenvalue weighted by atomic mass is 35.5. The van der Waals surface area contributed by atoms with Crippen LogP contribution in [-0.2, 0) is 11.3 Å². The lowest BCUT2D eigenvalue weighted by molar-refractivity contribution is 0.102. The molecule has 0 bridgehead atoms. The number of ether oxygens (including phenoxy) is 2. The molecule has 214 valence electrons. The molecule has 0 radical (unpaired) electrons. The number of amides is 2. The first-order valence-electron chi connectivity index (χ1n) is 12.7. The lowest BCUT2D eigenvalue weighted by Crippen LogP contribution is -2.45. The molecular weight excluding hydrogens is 597 g/mol. The monoisotopic (exact) mass is 625 g/mol. The van der Waals surface area contributed by atoms with Crippen molar-refractivity contribution >= 4 is 69.5 Å². The third kappa shape index (κ3) is 7.85. The Kier molecular flexibility index (Phi) is 11.0. The van der Waals surface area contributed by atoms with Gasteiger partial charge in [-0.15, -0.1) is 11.3 Å². The summed E-state index contributed by atoms with van der Waals surface area (Å²) in [5.41, 5.74) is 1.13. The normalized spacial score (nSPS) is 14.2. The van der Waals surface area contributed by atoms with Gasteiger partial charge in [-0.3, -0.25) is 14.5 Å². The van der Waals surface area contributed by atoms with Crippen LogP contribution < -0.4 is 15.4 Å². The Balaban J connectivity index is 1.57. The number of likely N-dealkylation sites (N-methyl/N-ethyl adjacent to an activating group) is 1. The number of nitrogens with one attached hydrogen (secondary N) is 2. The van der Waals surface area contributed by atoms with Crippen LogP contribution in [0.4, 0.5) is 11.5 Å². The van der Waals surface area contributed by atoms with E-state index in [9.17, 15) is 9.59 Å². The number of hydrogen-bond donors (Lipinski definition) is 2. The maximum Gasteiger partial charge on any atom is 0.267 e. The Morgan fingerprint density at radius 1 is 1.00 bits per heavy atom. The first-order valence-corrected chi connectivity index (χ1v) is 14.7. The summed E-state index contributed by atoms with van der Waals surface area (Å²) < 4.78 is 10.9. The molecule has 2 amide bonds. The van der Waals surface area contributed by atoms with E-state index in [2.05, 4.69) is 32.3 Å². The fraction of sp³-hybridized carbons (Fsp3) is 0.370. The molecule has 2 aromatic heterocycles. The summed E-state index contributed by atoms with van der Waals surface area (Å²) >= 11 is 20.2. The number of methoxy groups -OCH3 is 1. The third-order valence-electron chi connectivity index (χ3n) is 6.38. The number of carbonyl (C=O) groups is 2. The molecule has 13 heteroatoms. The average Bonchev–Trinajstić information content (AvgIpc) is 3.31. The van der Waals surface area contributed by atoms with Crippen LogP contribution in [0.1, 0.15) is 32.5 Å². The van der Waals surface area contributed by atoms with Gasteiger partial charge in [-0.05, 0) is 35.7 Å². The number of carbonyl (C=O) groups excluding carboxylic acids is 2. The molecule has 0 saturated carbocycles. The van der Waals surface area contributed by atoms with E-state index in [1.807, 2.05) is 5.38 Å². The molecule has 1 aromatic carbocycles. The van der Waals surface area contributed by atoms with Crippen molar-refractivity contribution in [2.75, 3.05) is 63.7 Å². The minimum atomic E-state index is -0.548. The zero-order valence-corrected chi connectivity index (χ0v) is 25.2. The summed E-state index contributed by atoms with van der Waals surface area (Å²) in [4.78, 5) is 36.0. The second kappa shape index (κ2) is 14.5. The molecule has 9 nitrogen and oxygen atoms in total. The number of piperazine rings is 1. The highest BCUT2D eigenvalue weighted by molar-refractivity contribution is 7.13. The number of pyridine rings is 1. The lowest BCUT2D eigenvalue weighted by Gasteiger charge is -2.33. The van der Waals surface area contributed by atoms with Crippen molar-refractivity contribution in [3.8, 4) is 5.75 Å². The van der Waals surface area contributed by atoms with Gasteiger partial charge in [-0.25, -0.2) is 4.98 Å². The number of aromatic nitrogens is 1. The molecule has 0 unspecified atom stereocenters. The number of thiophene rings is 1. The van der Waals surface area contributed by atoms with Gasteiger partial charge in [0.15, 0.2) is 0 Å². The predicted octanol–water partition coefficient (Wildman–Crippen LogP) is 5.77. The van der Waals surface area contributed by atoms with Crippen LogP contribution >= 0.6 is 46.1 Å². The molecular formula is C27H30Cl3N5O4S. The molecule has 4 rings (SSSR count). The second-order valence-electron chi connectivity index (χ2n) is 9.05. The zero-order chi connectivity index (χ0) is 28.6. The molecule has 3 aromatic rings. The van der Waals surface area contributed by atoms with Crippen LogP contribution in [0.5, 0.6) is 5.75 Å². The van der Waals surface area contributed by atoms with E-state index in [4.69, 9.17) is 44.3 Å². The minimum absolute atomic E-state index is 0.0895. The van der Waals surface area contributed by atoms with Crippen molar-refractivity contribution in [3.05, 3.63) is 66.9 Å². The third-order valence-corrected chi connectivity index (χ3v) is 8.39. The van der Waals surface area contributed by atoms with Gasteiger partial charge in [-0.1, -0.05) is 41.7 Å². The number of rotatable bonds is 11. The molecule has 0 aliphatic carbocycles. The molecule has 1 fully saturated rings. The molecule has 3 heterocycles. The van der Waals surface area contributed by atoms with E-state index in [-0.39, 0.29) is 34.4 Å². The number of halogens is 3. The molecule has 0 spiro atoms. The van der Waals surface area contributed by atoms with Crippen LogP contribution in [-0.4, -0.2) is 79.6 Å². The highest BCUT2D eigenvalue weighted by Crippen LogP contribution is 2.36. The standard InChI is InChI=1S/C27H30Cl3N5O4S/c1-3-34-6-8-35(9-7-34)15-17-16-40-25(23(17)30)27(37)33-24-20(12-19(29)13-21(24)39-11-10-38-2)26(36)32-22-5-4-18(28)14-31-22/h4-5,12-14,16H,3,6-11,15H2,1-2H3,(H,33,37)(H,31,32,36). The van der Waals surface area contributed by atoms with Gasteiger partial charge in [0.05, 0.1) is 27.9 Å². The maximum absolute atomic E-state index is 13.5. The molecule has 1 saturated heterocycles. The van der Waals surface area contributed by atoms with Crippen LogP contribution in [0.2, 0.25) is 15.1 Å². The fourth-order valence-corrected chi connectivity index (χ4v) is 5.75. The summed E-state index contributed by atoms with van der Waals surface area (Å²) in [6, 6.07) is 6.14. The molecule has 40 heavy (non-hydrogen) atoms. The van der Waals surface area contributed by atoms with Crippen molar-refractivity contribution in [1.29, 1.82) is 0 Å². The van der Waals surface area contributed by atoms with Crippen molar-refractivity contribution in [3.63, 3.8) is 0 Å². The van der Waals surface area contributed by atoms with Gasteiger partial charge in [0, 0.05) is 57.1 Å². The van der Waals surface area contributed by atoms with Gasteiger partial charge < -0.3 is 25.0 Å². The summed E-state index contributed by atoms with van der Waals surface area (Å²) in [7, 11) is 1.54. The van der Waals surface area contributed by atoms with Crippen LogP contribution in [0.25, 0.3) is 0 Å². The average molecular weight is 627 g/mol. The largest absolute Gasteiger partial charge is 0.489 e. The van der Waals surface area contributed by atoms with Crippen LogP contribution in [0.15, 0.2) is 35.8 Å². The Morgan fingerprint density at radius 2 is 1.75 bits per heavy atom. The van der Waals surface area contributed by atoms with Crippen molar-refractivity contribution in [1.82, 2.24) is 14.8 Å². The van der Waals surface area contributed by atoms with Crippen molar-refractivity contribution < 1.29 is 19.1 Å². The predicted molar refractivity (Wildman–Crippen MR) is 161 cm³/mol. The van der Waals surface area contributed by atoms with Gasteiger partial charge in [0.2, 0.25) is 0 Å². The summed E-state index contributed by atoms with van der Waals surface area (Å²) in [5, 5.41) is 8.51. The van der Waals surface area contributed by atoms with E-state index < -0.39 is 11.8 Å². The number of hydrogen-bond acceptors (Lipinski definition) is 8. The van der Waals surface area contributed by atoms with E-state index in [1.54, 1.807) is 19.2 Å². The number of nitrogens with zero attached hydrogens (tertiary/aromatic N) is 3. The smallest absolute Gasteiger partial charge is 0.267 e. The SMILES string of the molecule is CCN1CCN(Cc2csc(C(=O)Nc3c(OCCOC)cc(Cl)cc3C(=O)Nc3ccc(Cl)cn3)c2Cl)CC1. The summed E-state index contributed by atoms with van der Waals surface area (Å²) in [5.74, 6) is -0.518. The Bertz CT molecular complexity index is 1330. The number of benzene rings is 1. The minimum Gasteiger partial charge on any atom is -0.489 e. The van der Waals surface area contributed by atoms with Crippen molar-refractivity contribution in [2.45, 2.75) is 13.5 Å². The zero-order valence-electron chi connectivity index (χ0n) is 22.1. The van der Waals surface area contributed by atoms with Gasteiger partial charge >= 0.3 is 0 Å². The fourth-order valence-electron chi connectivity index (χ4n) is 4.19. The van der Waals surface area contributed by atoms with E-state index >= 15 is 0 Å². The molecule has 1 aliphatic heterocycles. The Morgan fingerprint density at radius 3 is 2.42 bits per heavy atom. The first kappa shape index (κ1) is 30.5. The molecule has 2 N–H and O–H groups in total. The van der Waals surface area contributed by atoms with Crippen molar-refractivity contribution in [2.24, 2.45) is 0 Å². The van der Waals surface area contributed by atoms with Gasteiger partial charge in [0.1, 0.15) is 23.1 Å². The van der Waals surface area contributed by atoms with Gasteiger partial charge in [0.25, 0.3) is 11.8 Å². The highest BCUT2D eigenvalue weighted by Gasteiger charge is 2.25.